The molecule has 21 heavy (non-hydrogen) atoms. The molecule has 0 saturated heterocycles. The molecule has 2 N–H and O–H groups in total. The van der Waals surface area contributed by atoms with Crippen LogP contribution in [0.15, 0.2) is 21.6 Å². The van der Waals surface area contributed by atoms with Gasteiger partial charge in [-0.1, -0.05) is 13.3 Å². The molecule has 7 heteroatoms. The second-order valence-corrected chi connectivity index (χ2v) is 7.39. The van der Waals surface area contributed by atoms with E-state index in [1.807, 2.05) is 0 Å². The first kappa shape index (κ1) is 18.2. The number of hydrogen-bond acceptors (Lipinski definition) is 5. The molecule has 0 fully saturated rings. The highest BCUT2D eigenvalue weighted by Crippen LogP contribution is 2.17. The maximum atomic E-state index is 11.9. The fraction of sp³-hybridized carbons (Fsp3) is 0.714. The van der Waals surface area contributed by atoms with Crippen LogP contribution in [0.2, 0.25) is 0 Å². The van der Waals surface area contributed by atoms with E-state index in [9.17, 15) is 8.42 Å². The first-order valence-corrected chi connectivity index (χ1v) is 8.68. The minimum absolute atomic E-state index is 0.0373. The Hall–Kier alpha value is -0.890. The minimum Gasteiger partial charge on any atom is -0.447 e. The van der Waals surface area contributed by atoms with Crippen molar-refractivity contribution in [3.8, 4) is 0 Å². The average Bonchev–Trinajstić information content (AvgIpc) is 2.88. The van der Waals surface area contributed by atoms with Crippen LogP contribution < -0.4 is 5.32 Å². The van der Waals surface area contributed by atoms with E-state index < -0.39 is 10.0 Å². The normalized spacial score (nSPS) is 13.8. The predicted octanol–water partition coefficient (Wildman–Crippen LogP) is 1.42. The summed E-state index contributed by atoms with van der Waals surface area (Å²) in [6, 6.07) is 3.15. The third-order valence-corrected chi connectivity index (χ3v) is 5.03. The molecular formula is C14H26N2O4S. The van der Waals surface area contributed by atoms with Gasteiger partial charge < -0.3 is 14.8 Å². The summed E-state index contributed by atoms with van der Waals surface area (Å²) in [6.07, 6.45) is 2.92. The van der Waals surface area contributed by atoms with E-state index in [0.29, 0.717) is 18.2 Å². The summed E-state index contributed by atoms with van der Waals surface area (Å²) in [5, 5.41) is 12.2. The molecule has 1 aromatic rings. The largest absolute Gasteiger partial charge is 0.447 e. The van der Waals surface area contributed by atoms with Crippen molar-refractivity contribution in [1.29, 1.82) is 0 Å². The van der Waals surface area contributed by atoms with E-state index in [2.05, 4.69) is 12.2 Å². The molecule has 1 atom stereocenters. The van der Waals surface area contributed by atoms with Crippen molar-refractivity contribution in [2.24, 2.45) is 5.92 Å². The fourth-order valence-corrected chi connectivity index (χ4v) is 2.92. The number of rotatable bonds is 10. The Morgan fingerprint density at radius 3 is 2.62 bits per heavy atom. The first-order valence-electron chi connectivity index (χ1n) is 7.24. The molecule has 0 amide bonds. The van der Waals surface area contributed by atoms with Crippen LogP contribution in [-0.4, -0.2) is 45.1 Å². The number of nitrogens with one attached hydrogen (secondary N) is 1. The maximum Gasteiger partial charge on any atom is 0.275 e. The predicted molar refractivity (Wildman–Crippen MR) is 81.4 cm³/mol. The van der Waals surface area contributed by atoms with E-state index in [0.717, 1.165) is 30.1 Å². The van der Waals surface area contributed by atoms with Gasteiger partial charge in [0.15, 0.2) is 0 Å². The molecule has 1 rings (SSSR count). The van der Waals surface area contributed by atoms with Gasteiger partial charge in [-0.15, -0.1) is 0 Å². The standard InChI is InChI=1S/C14H26N2O4S/c1-4-5-12(8-9-17)10-15-11-13-6-7-14(20-13)21(18,19)16(2)3/h6-7,12,15,17H,4-5,8-11H2,1-3H3. The van der Waals surface area contributed by atoms with Crippen molar-refractivity contribution in [3.05, 3.63) is 17.9 Å². The number of furan rings is 1. The zero-order chi connectivity index (χ0) is 15.9. The Morgan fingerprint density at radius 1 is 1.33 bits per heavy atom. The molecule has 122 valence electrons. The van der Waals surface area contributed by atoms with Crippen molar-refractivity contribution >= 4 is 10.0 Å². The number of aliphatic hydroxyl groups excluding tert-OH is 1. The number of aliphatic hydroxyl groups is 1. The third-order valence-electron chi connectivity index (χ3n) is 3.34. The molecule has 0 saturated carbocycles. The second kappa shape index (κ2) is 8.53. The Morgan fingerprint density at radius 2 is 2.05 bits per heavy atom. The van der Waals surface area contributed by atoms with Crippen LogP contribution in [0.4, 0.5) is 0 Å². The lowest BCUT2D eigenvalue weighted by molar-refractivity contribution is 0.247. The highest BCUT2D eigenvalue weighted by molar-refractivity contribution is 7.88. The first-order chi connectivity index (χ1) is 9.91. The van der Waals surface area contributed by atoms with Crippen LogP contribution in [0.3, 0.4) is 0 Å². The number of hydrogen-bond donors (Lipinski definition) is 2. The Kier molecular flexibility index (Phi) is 7.37. The van der Waals surface area contributed by atoms with E-state index in [1.54, 1.807) is 6.07 Å². The van der Waals surface area contributed by atoms with Gasteiger partial charge in [-0.05, 0) is 37.4 Å². The lowest BCUT2D eigenvalue weighted by Gasteiger charge is -2.15. The highest BCUT2D eigenvalue weighted by Gasteiger charge is 2.21. The van der Waals surface area contributed by atoms with Gasteiger partial charge in [-0.2, -0.15) is 0 Å². The number of sulfonamides is 1. The van der Waals surface area contributed by atoms with Crippen LogP contribution in [0.5, 0.6) is 0 Å². The van der Waals surface area contributed by atoms with Crippen LogP contribution in [-0.2, 0) is 16.6 Å². The van der Waals surface area contributed by atoms with Gasteiger partial charge in [0, 0.05) is 20.7 Å². The van der Waals surface area contributed by atoms with Gasteiger partial charge >= 0.3 is 0 Å². The Balaban J connectivity index is 2.52. The fourth-order valence-electron chi connectivity index (χ4n) is 2.11. The molecule has 0 radical (unpaired) electrons. The lowest BCUT2D eigenvalue weighted by atomic mass is 10.0. The molecule has 0 spiro atoms. The molecule has 1 heterocycles. The summed E-state index contributed by atoms with van der Waals surface area (Å²) in [5.41, 5.74) is 0. The van der Waals surface area contributed by atoms with Gasteiger partial charge in [0.1, 0.15) is 5.76 Å². The summed E-state index contributed by atoms with van der Waals surface area (Å²) in [5.74, 6) is 1.02. The summed E-state index contributed by atoms with van der Waals surface area (Å²) < 4.78 is 30.3. The van der Waals surface area contributed by atoms with E-state index in [1.165, 1.54) is 20.2 Å². The monoisotopic (exact) mass is 318 g/mol. The molecule has 1 unspecified atom stereocenters. The van der Waals surface area contributed by atoms with Crippen LogP contribution in [0.1, 0.15) is 31.9 Å². The molecule has 0 aliphatic carbocycles. The molecule has 0 aromatic carbocycles. The van der Waals surface area contributed by atoms with E-state index in [4.69, 9.17) is 9.52 Å². The van der Waals surface area contributed by atoms with Crippen LogP contribution >= 0.6 is 0 Å². The van der Waals surface area contributed by atoms with Crippen LogP contribution in [0.25, 0.3) is 0 Å². The summed E-state index contributed by atoms with van der Waals surface area (Å²) in [6.45, 7) is 3.58. The molecule has 0 aliphatic heterocycles. The number of nitrogens with zero attached hydrogens (tertiary/aromatic N) is 1. The molecule has 0 aliphatic rings. The van der Waals surface area contributed by atoms with Gasteiger partial charge in [-0.25, -0.2) is 12.7 Å². The van der Waals surface area contributed by atoms with Crippen molar-refractivity contribution in [2.45, 2.75) is 37.8 Å². The highest BCUT2D eigenvalue weighted by atomic mass is 32.2. The molecule has 1 aromatic heterocycles. The summed E-state index contributed by atoms with van der Waals surface area (Å²) in [7, 11) is -0.564. The summed E-state index contributed by atoms with van der Waals surface area (Å²) >= 11 is 0. The smallest absolute Gasteiger partial charge is 0.275 e. The Labute approximate surface area is 127 Å². The average molecular weight is 318 g/mol. The Bertz CT molecular complexity index is 505. The second-order valence-electron chi connectivity index (χ2n) is 5.31. The zero-order valence-electron chi connectivity index (χ0n) is 13.0. The maximum absolute atomic E-state index is 11.9. The van der Waals surface area contributed by atoms with Crippen LogP contribution in [0, 0.1) is 5.92 Å². The van der Waals surface area contributed by atoms with Crippen molar-refractivity contribution in [3.63, 3.8) is 0 Å². The van der Waals surface area contributed by atoms with Gasteiger partial charge in [0.05, 0.1) is 6.54 Å². The van der Waals surface area contributed by atoms with E-state index in [-0.39, 0.29) is 11.7 Å². The zero-order valence-corrected chi connectivity index (χ0v) is 13.8. The SMILES string of the molecule is CCCC(CCO)CNCc1ccc(S(=O)(=O)N(C)C)o1. The quantitative estimate of drug-likeness (QED) is 0.682. The summed E-state index contributed by atoms with van der Waals surface area (Å²) in [4.78, 5) is 0. The van der Waals surface area contributed by atoms with Gasteiger partial charge in [0.2, 0.25) is 5.09 Å². The van der Waals surface area contributed by atoms with Crippen molar-refractivity contribution in [2.75, 3.05) is 27.2 Å². The topological polar surface area (TPSA) is 82.8 Å². The van der Waals surface area contributed by atoms with Gasteiger partial charge in [-0.3, -0.25) is 0 Å². The van der Waals surface area contributed by atoms with Gasteiger partial charge in [0.25, 0.3) is 10.0 Å². The minimum atomic E-state index is -3.51. The lowest BCUT2D eigenvalue weighted by Crippen LogP contribution is -2.23. The molecule has 0 bridgehead atoms. The van der Waals surface area contributed by atoms with E-state index >= 15 is 0 Å². The van der Waals surface area contributed by atoms with Crippen molar-refractivity contribution < 1.29 is 17.9 Å². The molecular weight excluding hydrogens is 292 g/mol. The van der Waals surface area contributed by atoms with Crippen molar-refractivity contribution in [1.82, 2.24) is 9.62 Å². The third kappa shape index (κ3) is 5.43. The molecule has 6 nitrogen and oxygen atoms in total.